The average molecular weight is 376 g/mol. The van der Waals surface area contributed by atoms with Crippen LogP contribution in [0, 0.1) is 20.8 Å². The molecule has 0 saturated carbocycles. The molecule has 2 amide bonds. The number of amides is 2. The minimum atomic E-state index is -0.260. The maximum absolute atomic E-state index is 13.5. The van der Waals surface area contributed by atoms with Gasteiger partial charge in [0.05, 0.1) is 24.5 Å². The molecule has 2 aromatic rings. The van der Waals surface area contributed by atoms with E-state index in [9.17, 15) is 9.59 Å². The van der Waals surface area contributed by atoms with Crippen LogP contribution in [0.3, 0.4) is 0 Å². The van der Waals surface area contributed by atoms with Gasteiger partial charge in [0.15, 0.2) is 0 Å². The molecule has 1 fully saturated rings. The van der Waals surface area contributed by atoms with E-state index in [1.54, 1.807) is 0 Å². The summed E-state index contributed by atoms with van der Waals surface area (Å²) >= 11 is 0. The minimum Gasteiger partial charge on any atom is -0.378 e. The predicted molar refractivity (Wildman–Crippen MR) is 109 cm³/mol. The van der Waals surface area contributed by atoms with Gasteiger partial charge >= 0.3 is 0 Å². The number of aryl methyl sites for hydroxylation is 3. The number of para-hydroxylation sites is 1. The number of imide groups is 1. The summed E-state index contributed by atoms with van der Waals surface area (Å²) < 4.78 is 5.45. The van der Waals surface area contributed by atoms with Crippen LogP contribution in [-0.4, -0.2) is 43.0 Å². The number of ether oxygens (including phenoxy) is 1. The van der Waals surface area contributed by atoms with E-state index in [4.69, 9.17) is 4.74 Å². The Labute approximate surface area is 165 Å². The van der Waals surface area contributed by atoms with Gasteiger partial charge in [-0.3, -0.25) is 9.59 Å². The van der Waals surface area contributed by atoms with Gasteiger partial charge in [0.2, 0.25) is 0 Å². The predicted octanol–water partition coefficient (Wildman–Crippen LogP) is 3.23. The Morgan fingerprint density at radius 1 is 0.821 bits per heavy atom. The summed E-state index contributed by atoms with van der Waals surface area (Å²) in [5, 5.41) is 0. The molecule has 0 bridgehead atoms. The van der Waals surface area contributed by atoms with E-state index < -0.39 is 0 Å². The summed E-state index contributed by atoms with van der Waals surface area (Å²) in [6.45, 7) is 8.28. The van der Waals surface area contributed by atoms with Crippen molar-refractivity contribution < 1.29 is 14.3 Å². The Morgan fingerprint density at radius 2 is 1.54 bits per heavy atom. The molecule has 0 N–H and O–H groups in total. The third-order valence-electron chi connectivity index (χ3n) is 5.54. The third kappa shape index (κ3) is 3.02. The summed E-state index contributed by atoms with van der Waals surface area (Å²) in [6.07, 6.45) is 0. The molecule has 0 radical (unpaired) electrons. The first-order valence-electron chi connectivity index (χ1n) is 9.58. The van der Waals surface area contributed by atoms with Crippen LogP contribution in [0.5, 0.6) is 0 Å². The standard InChI is InChI=1S/C23H24N2O3/c1-15-8-9-18(14-17(15)3)20-21(24-10-12-28-13-11-24)23(27)25(22(20)26)19-7-5-4-6-16(19)2/h4-9,14H,10-13H2,1-3H3. The molecular formula is C23H24N2O3. The molecule has 28 heavy (non-hydrogen) atoms. The highest BCUT2D eigenvalue weighted by Crippen LogP contribution is 2.36. The smallest absolute Gasteiger partial charge is 0.282 e. The van der Waals surface area contributed by atoms with Crippen LogP contribution in [0.2, 0.25) is 0 Å². The quantitative estimate of drug-likeness (QED) is 0.772. The summed E-state index contributed by atoms with van der Waals surface area (Å²) in [7, 11) is 0. The lowest BCUT2D eigenvalue weighted by molar-refractivity contribution is -0.121. The lowest BCUT2D eigenvalue weighted by Crippen LogP contribution is -2.40. The molecule has 2 aromatic carbocycles. The highest BCUT2D eigenvalue weighted by atomic mass is 16.5. The Kier molecular flexibility index (Phi) is 4.77. The van der Waals surface area contributed by atoms with E-state index in [1.807, 2.05) is 68.1 Å². The van der Waals surface area contributed by atoms with Crippen molar-refractivity contribution in [3.63, 3.8) is 0 Å². The van der Waals surface area contributed by atoms with Crippen molar-refractivity contribution in [1.29, 1.82) is 0 Å². The van der Waals surface area contributed by atoms with Crippen molar-refractivity contribution in [2.24, 2.45) is 0 Å². The van der Waals surface area contributed by atoms with Gasteiger partial charge in [-0.15, -0.1) is 0 Å². The van der Waals surface area contributed by atoms with Crippen molar-refractivity contribution in [3.8, 4) is 0 Å². The second-order valence-electron chi connectivity index (χ2n) is 7.35. The largest absolute Gasteiger partial charge is 0.378 e. The van der Waals surface area contributed by atoms with Gasteiger partial charge in [0, 0.05) is 13.1 Å². The normalized spacial score (nSPS) is 17.7. The van der Waals surface area contributed by atoms with Crippen LogP contribution in [0.1, 0.15) is 22.3 Å². The van der Waals surface area contributed by atoms with E-state index in [1.165, 1.54) is 4.90 Å². The number of anilines is 1. The van der Waals surface area contributed by atoms with Crippen LogP contribution in [0.25, 0.3) is 5.57 Å². The Morgan fingerprint density at radius 3 is 2.21 bits per heavy atom. The van der Waals surface area contributed by atoms with Gasteiger partial charge in [-0.1, -0.05) is 36.4 Å². The maximum atomic E-state index is 13.5. The number of benzene rings is 2. The Hall–Kier alpha value is -2.92. The van der Waals surface area contributed by atoms with Crippen LogP contribution in [0.15, 0.2) is 48.2 Å². The zero-order valence-electron chi connectivity index (χ0n) is 16.5. The van der Waals surface area contributed by atoms with Crippen molar-refractivity contribution in [2.45, 2.75) is 20.8 Å². The number of rotatable bonds is 3. The number of hydrogen-bond acceptors (Lipinski definition) is 4. The summed E-state index contributed by atoms with van der Waals surface area (Å²) in [6, 6.07) is 13.4. The Bertz CT molecular complexity index is 987. The third-order valence-corrected chi connectivity index (χ3v) is 5.54. The molecule has 5 heteroatoms. The number of morpholine rings is 1. The molecule has 0 aromatic heterocycles. The molecule has 0 atom stereocenters. The second-order valence-corrected chi connectivity index (χ2v) is 7.35. The molecule has 0 spiro atoms. The minimum absolute atomic E-state index is 0.255. The monoisotopic (exact) mass is 376 g/mol. The fourth-order valence-electron chi connectivity index (χ4n) is 3.79. The second kappa shape index (κ2) is 7.24. The molecule has 2 heterocycles. The van der Waals surface area contributed by atoms with Gasteiger partial charge in [-0.05, 0) is 49.1 Å². The molecule has 0 unspecified atom stereocenters. The van der Waals surface area contributed by atoms with Gasteiger partial charge in [-0.25, -0.2) is 4.90 Å². The first-order chi connectivity index (χ1) is 13.5. The van der Waals surface area contributed by atoms with Crippen LogP contribution in [0.4, 0.5) is 5.69 Å². The topological polar surface area (TPSA) is 49.9 Å². The fourth-order valence-corrected chi connectivity index (χ4v) is 3.79. The lowest BCUT2D eigenvalue weighted by Gasteiger charge is -2.29. The van der Waals surface area contributed by atoms with E-state index in [-0.39, 0.29) is 11.8 Å². The van der Waals surface area contributed by atoms with Crippen molar-refractivity contribution in [1.82, 2.24) is 4.90 Å². The molecule has 144 valence electrons. The zero-order chi connectivity index (χ0) is 19.8. The number of nitrogens with zero attached hydrogens (tertiary/aromatic N) is 2. The molecule has 2 aliphatic heterocycles. The maximum Gasteiger partial charge on any atom is 0.282 e. The van der Waals surface area contributed by atoms with E-state index in [0.717, 1.165) is 22.3 Å². The molecule has 0 aliphatic carbocycles. The SMILES string of the molecule is Cc1ccc(C2=C(N3CCOCC3)C(=O)N(c3ccccc3C)C2=O)cc1C. The Balaban J connectivity index is 1.87. The average Bonchev–Trinajstić information content (AvgIpc) is 2.95. The van der Waals surface area contributed by atoms with Crippen LogP contribution >= 0.6 is 0 Å². The molecule has 4 rings (SSSR count). The van der Waals surface area contributed by atoms with Gasteiger partial charge in [0.25, 0.3) is 11.8 Å². The highest BCUT2D eigenvalue weighted by molar-refractivity contribution is 6.45. The summed E-state index contributed by atoms with van der Waals surface area (Å²) in [4.78, 5) is 30.3. The fraction of sp³-hybridized carbons (Fsp3) is 0.304. The van der Waals surface area contributed by atoms with E-state index in [0.29, 0.717) is 43.3 Å². The first-order valence-corrected chi connectivity index (χ1v) is 9.58. The summed E-state index contributed by atoms with van der Waals surface area (Å²) in [5.74, 6) is -0.515. The van der Waals surface area contributed by atoms with Crippen LogP contribution < -0.4 is 4.90 Å². The van der Waals surface area contributed by atoms with Gasteiger partial charge in [-0.2, -0.15) is 0 Å². The molecule has 1 saturated heterocycles. The highest BCUT2D eigenvalue weighted by Gasteiger charge is 2.43. The van der Waals surface area contributed by atoms with E-state index in [2.05, 4.69) is 0 Å². The van der Waals surface area contributed by atoms with Crippen LogP contribution in [-0.2, 0) is 14.3 Å². The number of carbonyl (C=O) groups excluding carboxylic acids is 2. The lowest BCUT2D eigenvalue weighted by atomic mass is 9.99. The van der Waals surface area contributed by atoms with Crippen molar-refractivity contribution >= 4 is 23.1 Å². The van der Waals surface area contributed by atoms with Gasteiger partial charge in [0.1, 0.15) is 5.70 Å². The molecule has 5 nitrogen and oxygen atoms in total. The zero-order valence-corrected chi connectivity index (χ0v) is 16.5. The van der Waals surface area contributed by atoms with Gasteiger partial charge < -0.3 is 9.64 Å². The summed E-state index contributed by atoms with van der Waals surface area (Å²) in [5.41, 5.74) is 5.55. The van der Waals surface area contributed by atoms with Crippen molar-refractivity contribution in [2.75, 3.05) is 31.2 Å². The number of carbonyl (C=O) groups is 2. The van der Waals surface area contributed by atoms with E-state index >= 15 is 0 Å². The molecular weight excluding hydrogens is 352 g/mol. The molecule has 2 aliphatic rings. The van der Waals surface area contributed by atoms with Crippen molar-refractivity contribution in [3.05, 3.63) is 70.4 Å². The first kappa shape index (κ1) is 18.4. The number of hydrogen-bond donors (Lipinski definition) is 0.